The molecule has 1 amide bonds. The summed E-state index contributed by atoms with van der Waals surface area (Å²) in [6, 6.07) is 7.92. The fourth-order valence-electron chi connectivity index (χ4n) is 2.22. The standard InChI is InChI=1S/C16H19NO/c1-11(2)14-6-5-7-15(10-14)17-13(4)12(3)8-9-16(17)18/h5-7,10,12H,1,4,8-9H2,2-3H3. The Balaban J connectivity index is 2.40. The predicted molar refractivity (Wildman–Crippen MR) is 76.2 cm³/mol. The van der Waals surface area contributed by atoms with Crippen molar-refractivity contribution in [1.82, 2.24) is 0 Å². The van der Waals surface area contributed by atoms with E-state index in [0.29, 0.717) is 12.3 Å². The molecule has 0 spiro atoms. The number of nitrogens with zero attached hydrogens (tertiary/aromatic N) is 1. The zero-order chi connectivity index (χ0) is 13.3. The lowest BCUT2D eigenvalue weighted by atomic mass is 9.95. The maximum atomic E-state index is 12.1. The van der Waals surface area contributed by atoms with Gasteiger partial charge in [-0.3, -0.25) is 9.69 Å². The Kier molecular flexibility index (Phi) is 3.37. The van der Waals surface area contributed by atoms with Crippen LogP contribution in [0.2, 0.25) is 0 Å². The zero-order valence-corrected chi connectivity index (χ0v) is 11.1. The minimum Gasteiger partial charge on any atom is -0.285 e. The second-order valence-electron chi connectivity index (χ2n) is 4.99. The first kappa shape index (κ1) is 12.6. The van der Waals surface area contributed by atoms with E-state index in [0.717, 1.165) is 28.9 Å². The Morgan fingerprint density at radius 2 is 2.17 bits per heavy atom. The van der Waals surface area contributed by atoms with E-state index in [1.54, 1.807) is 4.90 Å². The molecule has 94 valence electrons. The summed E-state index contributed by atoms with van der Waals surface area (Å²) in [5.41, 5.74) is 3.86. The average Bonchev–Trinajstić information content (AvgIpc) is 2.35. The van der Waals surface area contributed by atoms with Crippen molar-refractivity contribution in [1.29, 1.82) is 0 Å². The van der Waals surface area contributed by atoms with Crippen molar-refractivity contribution in [2.45, 2.75) is 26.7 Å². The first-order chi connectivity index (χ1) is 8.50. The minimum atomic E-state index is 0.136. The highest BCUT2D eigenvalue weighted by Gasteiger charge is 2.27. The molecule has 0 aliphatic carbocycles. The quantitative estimate of drug-likeness (QED) is 0.766. The minimum absolute atomic E-state index is 0.136. The van der Waals surface area contributed by atoms with Gasteiger partial charge >= 0.3 is 0 Å². The van der Waals surface area contributed by atoms with Gasteiger partial charge in [0, 0.05) is 17.8 Å². The van der Waals surface area contributed by atoms with Gasteiger partial charge in [0.25, 0.3) is 0 Å². The van der Waals surface area contributed by atoms with Gasteiger partial charge in [-0.05, 0) is 37.0 Å². The molecule has 2 nitrogen and oxygen atoms in total. The first-order valence-electron chi connectivity index (χ1n) is 6.28. The van der Waals surface area contributed by atoms with Gasteiger partial charge in [-0.15, -0.1) is 0 Å². The van der Waals surface area contributed by atoms with Gasteiger partial charge in [-0.25, -0.2) is 0 Å². The maximum absolute atomic E-state index is 12.1. The smallest absolute Gasteiger partial charge is 0.231 e. The molecule has 1 aromatic rings. The average molecular weight is 241 g/mol. The number of rotatable bonds is 2. The molecule has 1 unspecified atom stereocenters. The van der Waals surface area contributed by atoms with Crippen LogP contribution in [0.1, 0.15) is 32.3 Å². The van der Waals surface area contributed by atoms with Crippen LogP contribution in [0.4, 0.5) is 5.69 Å². The predicted octanol–water partition coefficient (Wildman–Crippen LogP) is 4.00. The van der Waals surface area contributed by atoms with E-state index in [1.165, 1.54) is 0 Å². The molecule has 1 aromatic carbocycles. The highest BCUT2D eigenvalue weighted by molar-refractivity contribution is 5.97. The molecule has 1 atom stereocenters. The van der Waals surface area contributed by atoms with Gasteiger partial charge in [0.2, 0.25) is 5.91 Å². The second-order valence-corrected chi connectivity index (χ2v) is 4.99. The summed E-state index contributed by atoms with van der Waals surface area (Å²) in [4.78, 5) is 13.8. The van der Waals surface area contributed by atoms with Crippen molar-refractivity contribution in [3.63, 3.8) is 0 Å². The van der Waals surface area contributed by atoms with E-state index in [9.17, 15) is 4.79 Å². The van der Waals surface area contributed by atoms with Crippen molar-refractivity contribution in [2.75, 3.05) is 4.90 Å². The Labute approximate surface area is 109 Å². The van der Waals surface area contributed by atoms with E-state index < -0.39 is 0 Å². The molecule has 1 heterocycles. The number of piperidine rings is 1. The van der Waals surface area contributed by atoms with Crippen LogP contribution in [-0.2, 0) is 4.79 Å². The summed E-state index contributed by atoms with van der Waals surface area (Å²) in [5, 5.41) is 0. The third-order valence-corrected chi connectivity index (χ3v) is 3.49. The summed E-state index contributed by atoms with van der Waals surface area (Å²) in [7, 11) is 0. The first-order valence-corrected chi connectivity index (χ1v) is 6.28. The van der Waals surface area contributed by atoms with Crippen LogP contribution in [-0.4, -0.2) is 5.91 Å². The largest absolute Gasteiger partial charge is 0.285 e. The Morgan fingerprint density at radius 1 is 1.44 bits per heavy atom. The third-order valence-electron chi connectivity index (χ3n) is 3.49. The highest BCUT2D eigenvalue weighted by Crippen LogP contribution is 2.32. The van der Waals surface area contributed by atoms with Gasteiger partial charge in [0.1, 0.15) is 0 Å². The summed E-state index contributed by atoms with van der Waals surface area (Å²) in [5.74, 6) is 0.494. The van der Waals surface area contributed by atoms with Crippen LogP contribution in [0, 0.1) is 5.92 Å². The van der Waals surface area contributed by atoms with Gasteiger partial charge in [0.15, 0.2) is 0 Å². The number of hydrogen-bond acceptors (Lipinski definition) is 1. The lowest BCUT2D eigenvalue weighted by molar-refractivity contribution is -0.119. The number of carbonyl (C=O) groups is 1. The van der Waals surface area contributed by atoms with Crippen molar-refractivity contribution < 1.29 is 4.79 Å². The lowest BCUT2D eigenvalue weighted by Gasteiger charge is -2.33. The second kappa shape index (κ2) is 4.81. The molecule has 2 heteroatoms. The lowest BCUT2D eigenvalue weighted by Crippen LogP contribution is -2.36. The van der Waals surface area contributed by atoms with Crippen LogP contribution < -0.4 is 4.90 Å². The topological polar surface area (TPSA) is 20.3 Å². The normalized spacial score (nSPS) is 20.1. The zero-order valence-electron chi connectivity index (χ0n) is 11.1. The molecular weight excluding hydrogens is 222 g/mol. The van der Waals surface area contributed by atoms with Crippen molar-refractivity contribution in [2.24, 2.45) is 5.92 Å². The van der Waals surface area contributed by atoms with Crippen LogP contribution in [0.25, 0.3) is 5.57 Å². The molecular formula is C16H19NO. The molecule has 2 rings (SSSR count). The highest BCUT2D eigenvalue weighted by atomic mass is 16.2. The summed E-state index contributed by atoms with van der Waals surface area (Å²) in [6.07, 6.45) is 1.49. The Morgan fingerprint density at radius 3 is 2.83 bits per heavy atom. The number of amides is 1. The van der Waals surface area contributed by atoms with Gasteiger partial charge in [0.05, 0.1) is 0 Å². The molecule has 18 heavy (non-hydrogen) atoms. The molecule has 0 saturated carbocycles. The van der Waals surface area contributed by atoms with E-state index in [-0.39, 0.29) is 5.91 Å². The molecule has 0 bridgehead atoms. The van der Waals surface area contributed by atoms with Crippen molar-refractivity contribution >= 4 is 17.2 Å². The summed E-state index contributed by atoms with van der Waals surface area (Å²) in [6.45, 7) is 12.1. The van der Waals surface area contributed by atoms with Crippen molar-refractivity contribution in [3.8, 4) is 0 Å². The summed E-state index contributed by atoms with van der Waals surface area (Å²) < 4.78 is 0. The third kappa shape index (κ3) is 2.23. The summed E-state index contributed by atoms with van der Waals surface area (Å²) >= 11 is 0. The van der Waals surface area contributed by atoms with E-state index in [4.69, 9.17) is 0 Å². The number of benzene rings is 1. The van der Waals surface area contributed by atoms with Crippen LogP contribution in [0.15, 0.2) is 43.1 Å². The van der Waals surface area contributed by atoms with Crippen LogP contribution >= 0.6 is 0 Å². The molecule has 1 saturated heterocycles. The number of hydrogen-bond donors (Lipinski definition) is 0. The van der Waals surface area contributed by atoms with E-state index in [1.807, 2.05) is 31.2 Å². The van der Waals surface area contributed by atoms with E-state index >= 15 is 0 Å². The van der Waals surface area contributed by atoms with Crippen LogP contribution in [0.3, 0.4) is 0 Å². The van der Waals surface area contributed by atoms with Crippen molar-refractivity contribution in [3.05, 3.63) is 48.7 Å². The molecule has 1 aliphatic heterocycles. The Hall–Kier alpha value is -1.83. The van der Waals surface area contributed by atoms with E-state index in [2.05, 4.69) is 20.1 Å². The van der Waals surface area contributed by atoms with Gasteiger partial charge in [-0.1, -0.05) is 37.8 Å². The van der Waals surface area contributed by atoms with Crippen LogP contribution in [0.5, 0.6) is 0 Å². The molecule has 1 aliphatic rings. The number of allylic oxidation sites excluding steroid dienone is 2. The molecule has 0 aromatic heterocycles. The number of carbonyl (C=O) groups excluding carboxylic acids is 1. The molecule has 1 fully saturated rings. The van der Waals surface area contributed by atoms with Gasteiger partial charge < -0.3 is 0 Å². The maximum Gasteiger partial charge on any atom is 0.231 e. The monoisotopic (exact) mass is 241 g/mol. The van der Waals surface area contributed by atoms with Gasteiger partial charge in [-0.2, -0.15) is 0 Å². The molecule has 0 N–H and O–H groups in total. The SMILES string of the molecule is C=C(C)c1cccc(N2C(=C)C(C)CCC2=O)c1. The fourth-order valence-corrected chi connectivity index (χ4v) is 2.22. The fraction of sp³-hybridized carbons (Fsp3) is 0.312. The Bertz CT molecular complexity index is 516. The number of anilines is 1. The molecule has 0 radical (unpaired) electrons.